The molecule has 1 fully saturated rings. The highest BCUT2D eigenvalue weighted by atomic mass is 16.5. The van der Waals surface area contributed by atoms with Gasteiger partial charge in [0.1, 0.15) is 5.56 Å². The summed E-state index contributed by atoms with van der Waals surface area (Å²) in [5.41, 5.74) is 1.78. The predicted molar refractivity (Wildman–Crippen MR) is 104 cm³/mol. The smallest absolute Gasteiger partial charge is 0.257 e. The minimum Gasteiger partial charge on any atom is -0.481 e. The summed E-state index contributed by atoms with van der Waals surface area (Å²) >= 11 is 0. The zero-order valence-corrected chi connectivity index (χ0v) is 16.0. The Morgan fingerprint density at radius 3 is 2.74 bits per heavy atom. The Labute approximate surface area is 160 Å². The van der Waals surface area contributed by atoms with Crippen LogP contribution >= 0.6 is 0 Å². The van der Waals surface area contributed by atoms with Gasteiger partial charge in [-0.25, -0.2) is 0 Å². The average molecular weight is 369 g/mol. The highest BCUT2D eigenvalue weighted by molar-refractivity contribution is 5.96. The Hall–Kier alpha value is -2.60. The number of benzene rings is 1. The fraction of sp³-hybridized carbons (Fsp3) is 0.429. The lowest BCUT2D eigenvalue weighted by atomic mass is 10.0. The maximum atomic E-state index is 12.7. The van der Waals surface area contributed by atoms with E-state index in [-0.39, 0.29) is 17.8 Å². The lowest BCUT2D eigenvalue weighted by Gasteiger charge is -2.33. The van der Waals surface area contributed by atoms with Crippen LogP contribution in [0.1, 0.15) is 28.8 Å². The first-order valence-electron chi connectivity index (χ1n) is 9.35. The van der Waals surface area contributed by atoms with Crippen LogP contribution in [0.3, 0.4) is 0 Å². The van der Waals surface area contributed by atoms with Gasteiger partial charge in [-0.15, -0.1) is 0 Å². The number of hydrogen-bond acceptors (Lipinski definition) is 5. The van der Waals surface area contributed by atoms with Crippen molar-refractivity contribution in [2.24, 2.45) is 0 Å². The van der Waals surface area contributed by atoms with E-state index in [1.807, 2.05) is 6.07 Å². The summed E-state index contributed by atoms with van der Waals surface area (Å²) in [6.07, 6.45) is 3.09. The molecule has 6 nitrogen and oxygen atoms in total. The van der Waals surface area contributed by atoms with E-state index in [1.54, 1.807) is 12.1 Å². The average Bonchev–Trinajstić information content (AvgIpc) is 2.72. The summed E-state index contributed by atoms with van der Waals surface area (Å²) in [5, 5.41) is 3.13. The van der Waals surface area contributed by atoms with Crippen LogP contribution in [0.15, 0.2) is 42.5 Å². The van der Waals surface area contributed by atoms with E-state index < -0.39 is 0 Å². The molecule has 0 aliphatic carbocycles. The van der Waals surface area contributed by atoms with Crippen LogP contribution in [-0.4, -0.2) is 55.7 Å². The molecule has 1 N–H and O–H groups in total. The van der Waals surface area contributed by atoms with Gasteiger partial charge in [-0.2, -0.15) is 4.98 Å². The highest BCUT2D eigenvalue weighted by Crippen LogP contribution is 2.20. The van der Waals surface area contributed by atoms with Crippen molar-refractivity contribution >= 4 is 5.91 Å². The molecule has 1 saturated heterocycles. The van der Waals surface area contributed by atoms with Gasteiger partial charge < -0.3 is 19.7 Å². The summed E-state index contributed by atoms with van der Waals surface area (Å²) in [6, 6.07) is 14.0. The van der Waals surface area contributed by atoms with Crippen LogP contribution in [0.5, 0.6) is 11.8 Å². The number of methoxy groups -OCH3 is 2. The molecule has 3 rings (SSSR count). The summed E-state index contributed by atoms with van der Waals surface area (Å²) < 4.78 is 10.3. The molecule has 144 valence electrons. The predicted octanol–water partition coefficient (Wildman–Crippen LogP) is 2.54. The largest absolute Gasteiger partial charge is 0.481 e. The summed E-state index contributed by atoms with van der Waals surface area (Å²) in [6.45, 7) is 2.95. The molecule has 1 aliphatic heterocycles. The molecule has 0 bridgehead atoms. The second-order valence-corrected chi connectivity index (χ2v) is 6.76. The Morgan fingerprint density at radius 1 is 1.19 bits per heavy atom. The molecule has 0 saturated carbocycles. The van der Waals surface area contributed by atoms with E-state index in [2.05, 4.69) is 39.5 Å². The number of likely N-dealkylation sites (tertiary alicyclic amines) is 1. The third-order valence-corrected chi connectivity index (χ3v) is 4.88. The van der Waals surface area contributed by atoms with E-state index >= 15 is 0 Å². The topological polar surface area (TPSA) is 63.7 Å². The van der Waals surface area contributed by atoms with Crippen molar-refractivity contribution in [1.82, 2.24) is 15.2 Å². The quantitative estimate of drug-likeness (QED) is 0.813. The molecule has 1 amide bonds. The summed E-state index contributed by atoms with van der Waals surface area (Å²) in [4.78, 5) is 19.3. The second kappa shape index (κ2) is 9.37. The number of hydrogen-bond donors (Lipinski definition) is 1. The summed E-state index contributed by atoms with van der Waals surface area (Å²) in [5.74, 6) is 0.550. The zero-order valence-electron chi connectivity index (χ0n) is 16.0. The van der Waals surface area contributed by atoms with Gasteiger partial charge in [-0.3, -0.25) is 4.79 Å². The Bertz CT molecular complexity index is 752. The number of rotatable bonds is 7. The van der Waals surface area contributed by atoms with E-state index in [4.69, 9.17) is 9.47 Å². The van der Waals surface area contributed by atoms with Gasteiger partial charge in [0, 0.05) is 25.2 Å². The minimum absolute atomic E-state index is 0.133. The van der Waals surface area contributed by atoms with Gasteiger partial charge in [0.2, 0.25) is 11.8 Å². The number of nitrogens with one attached hydrogen (secondary N) is 1. The number of aromatic nitrogens is 1. The fourth-order valence-electron chi connectivity index (χ4n) is 3.44. The molecule has 0 spiro atoms. The van der Waals surface area contributed by atoms with Gasteiger partial charge in [0.15, 0.2) is 0 Å². The van der Waals surface area contributed by atoms with Gasteiger partial charge >= 0.3 is 0 Å². The SMILES string of the molecule is COc1ccc(C(=O)N[C@H]2CCCN(CCc3ccccc3)C2)c(OC)n1. The minimum atomic E-state index is -0.156. The molecule has 1 aromatic heterocycles. The fourth-order valence-corrected chi connectivity index (χ4v) is 3.44. The number of pyridine rings is 1. The lowest BCUT2D eigenvalue weighted by Crippen LogP contribution is -2.48. The molecule has 1 atom stereocenters. The van der Waals surface area contributed by atoms with Gasteiger partial charge in [0.05, 0.1) is 14.2 Å². The number of piperidine rings is 1. The number of carbonyl (C=O) groups is 1. The van der Waals surface area contributed by atoms with E-state index in [1.165, 1.54) is 19.8 Å². The van der Waals surface area contributed by atoms with Crippen molar-refractivity contribution in [1.29, 1.82) is 0 Å². The molecule has 1 aliphatic rings. The third-order valence-electron chi connectivity index (χ3n) is 4.88. The molecule has 2 aromatic rings. The Balaban J connectivity index is 1.56. The van der Waals surface area contributed by atoms with Crippen molar-refractivity contribution in [2.75, 3.05) is 33.9 Å². The van der Waals surface area contributed by atoms with Crippen LogP contribution in [0.4, 0.5) is 0 Å². The number of ether oxygens (including phenoxy) is 2. The van der Waals surface area contributed by atoms with Crippen LogP contribution in [-0.2, 0) is 6.42 Å². The molecular weight excluding hydrogens is 342 g/mol. The summed E-state index contributed by atoms with van der Waals surface area (Å²) in [7, 11) is 3.04. The van der Waals surface area contributed by atoms with Crippen LogP contribution in [0.2, 0.25) is 0 Å². The highest BCUT2D eigenvalue weighted by Gasteiger charge is 2.23. The maximum Gasteiger partial charge on any atom is 0.257 e. The normalized spacial score (nSPS) is 17.3. The number of amides is 1. The van der Waals surface area contributed by atoms with E-state index in [0.29, 0.717) is 11.4 Å². The monoisotopic (exact) mass is 369 g/mol. The van der Waals surface area contributed by atoms with Crippen molar-refractivity contribution in [2.45, 2.75) is 25.3 Å². The second-order valence-electron chi connectivity index (χ2n) is 6.76. The number of carbonyl (C=O) groups excluding carboxylic acids is 1. The van der Waals surface area contributed by atoms with Gasteiger partial charge in [-0.1, -0.05) is 30.3 Å². The van der Waals surface area contributed by atoms with E-state index in [0.717, 1.165) is 38.9 Å². The molecule has 2 heterocycles. The molecule has 6 heteroatoms. The number of nitrogens with zero attached hydrogens (tertiary/aromatic N) is 2. The van der Waals surface area contributed by atoms with Crippen LogP contribution < -0.4 is 14.8 Å². The van der Waals surface area contributed by atoms with Crippen LogP contribution in [0.25, 0.3) is 0 Å². The van der Waals surface area contributed by atoms with Crippen molar-refractivity contribution in [3.05, 3.63) is 53.6 Å². The molecule has 0 radical (unpaired) electrons. The van der Waals surface area contributed by atoms with Gasteiger partial charge in [0.25, 0.3) is 5.91 Å². The first kappa shape index (κ1) is 19.2. The zero-order chi connectivity index (χ0) is 19.1. The lowest BCUT2D eigenvalue weighted by molar-refractivity contribution is 0.0900. The van der Waals surface area contributed by atoms with Crippen molar-refractivity contribution < 1.29 is 14.3 Å². The molecular formula is C21H27N3O3. The van der Waals surface area contributed by atoms with E-state index in [9.17, 15) is 4.79 Å². The van der Waals surface area contributed by atoms with Crippen molar-refractivity contribution in [3.63, 3.8) is 0 Å². The molecule has 1 aromatic carbocycles. The molecule has 27 heavy (non-hydrogen) atoms. The first-order valence-corrected chi connectivity index (χ1v) is 9.35. The third kappa shape index (κ3) is 5.20. The van der Waals surface area contributed by atoms with Crippen LogP contribution in [0, 0.1) is 0 Å². The Morgan fingerprint density at radius 2 is 2.00 bits per heavy atom. The standard InChI is InChI=1S/C21H27N3O3/c1-26-19-11-10-18(21(23-19)27-2)20(25)22-17-9-6-13-24(15-17)14-12-16-7-4-3-5-8-16/h3-5,7-8,10-11,17H,6,9,12-15H2,1-2H3,(H,22,25)/t17-/m0/s1. The maximum absolute atomic E-state index is 12.7. The first-order chi connectivity index (χ1) is 13.2. The van der Waals surface area contributed by atoms with Gasteiger partial charge in [-0.05, 0) is 37.4 Å². The Kier molecular flexibility index (Phi) is 6.65. The molecule has 0 unspecified atom stereocenters. The van der Waals surface area contributed by atoms with Crippen molar-refractivity contribution in [3.8, 4) is 11.8 Å².